The van der Waals surface area contributed by atoms with Crippen molar-refractivity contribution in [3.05, 3.63) is 76.2 Å². The second kappa shape index (κ2) is 10.5. The number of rotatable bonds is 4. The van der Waals surface area contributed by atoms with E-state index in [-0.39, 0.29) is 6.61 Å². The molecule has 30 heavy (non-hydrogen) atoms. The van der Waals surface area contributed by atoms with Gasteiger partial charge in [-0.2, -0.15) is 17.0 Å². The molecule has 3 aromatic rings. The average Bonchev–Trinajstić information content (AvgIpc) is 3.20. The standard InChI is InChI=1S/C22H22FNO3S.CH4S/c1-13-2-3-14(22-19(26)10-17(25)12-27-22)8-16(13)9-18-5-6-20(28-18)15-4-7-21(23)24-11-15;1-2/h2-8,11,17,19,22,25-26H,9-10,12H2,1H3;2H,1H3/t17?,19?,22-;/m0./s1. The molecule has 4 nitrogen and oxygen atoms in total. The Bertz CT molecular complexity index is 961. The average molecular weight is 448 g/mol. The maximum Gasteiger partial charge on any atom is 0.212 e. The van der Waals surface area contributed by atoms with Gasteiger partial charge in [-0.05, 0) is 54.1 Å². The van der Waals surface area contributed by atoms with Crippen LogP contribution < -0.4 is 0 Å². The van der Waals surface area contributed by atoms with Gasteiger partial charge in [0.15, 0.2) is 0 Å². The Morgan fingerprint density at radius 1 is 1.17 bits per heavy atom. The number of nitrogens with zero attached hydrogens (tertiary/aromatic N) is 1. The molecule has 1 fully saturated rings. The first-order valence-electron chi connectivity index (χ1n) is 9.72. The van der Waals surface area contributed by atoms with Crippen LogP contribution >= 0.6 is 24.0 Å². The molecular formula is C23H26FNO3S2. The van der Waals surface area contributed by atoms with Crippen LogP contribution in [0.1, 0.15) is 34.1 Å². The summed E-state index contributed by atoms with van der Waals surface area (Å²) >= 11 is 5.19. The highest BCUT2D eigenvalue weighted by Crippen LogP contribution is 2.32. The number of hydrogen-bond acceptors (Lipinski definition) is 6. The Labute approximate surface area is 185 Å². The van der Waals surface area contributed by atoms with E-state index in [1.807, 2.05) is 18.2 Å². The number of thiophene rings is 1. The maximum absolute atomic E-state index is 13.0. The van der Waals surface area contributed by atoms with E-state index in [2.05, 4.69) is 36.7 Å². The highest BCUT2D eigenvalue weighted by Gasteiger charge is 2.30. The number of pyridine rings is 1. The zero-order chi connectivity index (χ0) is 21.7. The van der Waals surface area contributed by atoms with Gasteiger partial charge in [-0.25, -0.2) is 4.98 Å². The zero-order valence-corrected chi connectivity index (χ0v) is 18.7. The molecule has 2 N–H and O–H groups in total. The number of hydrogen-bond donors (Lipinski definition) is 3. The first-order valence-corrected chi connectivity index (χ1v) is 11.4. The molecule has 0 spiro atoms. The van der Waals surface area contributed by atoms with Crippen molar-refractivity contribution in [2.24, 2.45) is 0 Å². The summed E-state index contributed by atoms with van der Waals surface area (Å²) in [4.78, 5) is 5.97. The Morgan fingerprint density at radius 3 is 2.67 bits per heavy atom. The van der Waals surface area contributed by atoms with Crippen molar-refractivity contribution in [1.29, 1.82) is 0 Å². The second-order valence-corrected chi connectivity index (χ2v) is 8.38. The number of benzene rings is 1. The molecule has 0 bridgehead atoms. The first kappa shape index (κ1) is 22.9. The number of thiol groups is 1. The molecule has 0 radical (unpaired) electrons. The molecule has 1 saturated heterocycles. The van der Waals surface area contributed by atoms with Crippen molar-refractivity contribution in [1.82, 2.24) is 4.98 Å². The molecule has 160 valence electrons. The van der Waals surface area contributed by atoms with Crippen LogP contribution in [0.25, 0.3) is 10.4 Å². The summed E-state index contributed by atoms with van der Waals surface area (Å²) < 4.78 is 18.7. The van der Waals surface area contributed by atoms with Crippen LogP contribution in [0.3, 0.4) is 0 Å². The van der Waals surface area contributed by atoms with Crippen molar-refractivity contribution in [3.63, 3.8) is 0 Å². The Balaban J connectivity index is 0.00000124. The summed E-state index contributed by atoms with van der Waals surface area (Å²) in [5.74, 6) is -0.479. The SMILES string of the molecule is CS.Cc1ccc([C@@H]2OCC(O)CC2O)cc1Cc1ccc(-c2ccc(F)nc2)s1. The zero-order valence-electron chi connectivity index (χ0n) is 17.0. The number of ether oxygens (including phenoxy) is 1. The molecule has 4 rings (SSSR count). The third kappa shape index (κ3) is 5.47. The van der Waals surface area contributed by atoms with Crippen LogP contribution in [0.5, 0.6) is 0 Å². The normalized spacial score (nSPS) is 21.1. The minimum Gasteiger partial charge on any atom is -0.391 e. The summed E-state index contributed by atoms with van der Waals surface area (Å²) in [6, 6.07) is 13.3. The van der Waals surface area contributed by atoms with Gasteiger partial charge in [0.1, 0.15) is 6.10 Å². The lowest BCUT2D eigenvalue weighted by Gasteiger charge is -2.31. The molecule has 2 unspecified atom stereocenters. The van der Waals surface area contributed by atoms with Crippen molar-refractivity contribution in [2.45, 2.75) is 38.1 Å². The first-order chi connectivity index (χ1) is 14.5. The van der Waals surface area contributed by atoms with Crippen LogP contribution in [0.4, 0.5) is 4.39 Å². The largest absolute Gasteiger partial charge is 0.391 e. The van der Waals surface area contributed by atoms with Gasteiger partial charge in [0.2, 0.25) is 5.95 Å². The van der Waals surface area contributed by atoms with Crippen LogP contribution in [-0.2, 0) is 11.2 Å². The van der Waals surface area contributed by atoms with Crippen LogP contribution in [0.15, 0.2) is 48.7 Å². The number of aliphatic hydroxyl groups is 2. The van der Waals surface area contributed by atoms with Gasteiger partial charge in [-0.3, -0.25) is 0 Å². The second-order valence-electron chi connectivity index (χ2n) is 7.21. The number of aromatic nitrogens is 1. The smallest absolute Gasteiger partial charge is 0.212 e. The fraction of sp³-hybridized carbons (Fsp3) is 0.348. The van der Waals surface area contributed by atoms with Crippen LogP contribution in [0, 0.1) is 12.9 Å². The lowest BCUT2D eigenvalue weighted by atomic mass is 9.93. The molecule has 0 saturated carbocycles. The maximum atomic E-state index is 13.0. The van der Waals surface area contributed by atoms with E-state index in [1.165, 1.54) is 22.1 Å². The van der Waals surface area contributed by atoms with Gasteiger partial charge in [0.25, 0.3) is 0 Å². The quantitative estimate of drug-likeness (QED) is 0.405. The molecule has 1 aromatic carbocycles. The van der Waals surface area contributed by atoms with Crippen molar-refractivity contribution in [2.75, 3.05) is 12.9 Å². The molecule has 1 aliphatic heterocycles. The van der Waals surface area contributed by atoms with Gasteiger partial charge in [0.05, 0.1) is 18.8 Å². The van der Waals surface area contributed by atoms with Gasteiger partial charge in [-0.15, -0.1) is 11.3 Å². The van der Waals surface area contributed by atoms with E-state index < -0.39 is 24.3 Å². The number of aryl methyl sites for hydroxylation is 1. The predicted molar refractivity (Wildman–Crippen MR) is 122 cm³/mol. The lowest BCUT2D eigenvalue weighted by molar-refractivity contribution is -0.125. The molecule has 0 amide bonds. The predicted octanol–water partition coefficient (Wildman–Crippen LogP) is 4.58. The minimum atomic E-state index is -0.710. The number of aliphatic hydroxyl groups excluding tert-OH is 2. The third-order valence-electron chi connectivity index (χ3n) is 5.07. The fourth-order valence-corrected chi connectivity index (χ4v) is 4.53. The van der Waals surface area contributed by atoms with E-state index in [9.17, 15) is 14.6 Å². The molecular weight excluding hydrogens is 421 g/mol. The summed E-state index contributed by atoms with van der Waals surface area (Å²) in [7, 11) is 0. The van der Waals surface area contributed by atoms with Crippen molar-refractivity contribution < 1.29 is 19.3 Å². The summed E-state index contributed by atoms with van der Waals surface area (Å²) in [6.07, 6.45) is 2.61. The van der Waals surface area contributed by atoms with E-state index in [0.29, 0.717) is 6.42 Å². The van der Waals surface area contributed by atoms with Gasteiger partial charge in [0, 0.05) is 34.4 Å². The Hall–Kier alpha value is -1.77. The third-order valence-corrected chi connectivity index (χ3v) is 6.21. The lowest BCUT2D eigenvalue weighted by Crippen LogP contribution is -2.35. The molecule has 3 atom stereocenters. The molecule has 0 aliphatic carbocycles. The highest BCUT2D eigenvalue weighted by molar-refractivity contribution is 7.79. The highest BCUT2D eigenvalue weighted by atomic mass is 32.1. The van der Waals surface area contributed by atoms with E-state index in [4.69, 9.17) is 4.74 Å². The summed E-state index contributed by atoms with van der Waals surface area (Å²) in [5, 5.41) is 19.9. The van der Waals surface area contributed by atoms with E-state index in [0.717, 1.165) is 22.4 Å². The molecule has 7 heteroatoms. The number of halogens is 1. The van der Waals surface area contributed by atoms with Gasteiger partial charge in [-0.1, -0.05) is 18.2 Å². The fourth-order valence-electron chi connectivity index (χ4n) is 3.51. The molecule has 2 aromatic heterocycles. The van der Waals surface area contributed by atoms with Crippen LogP contribution in [0.2, 0.25) is 0 Å². The topological polar surface area (TPSA) is 62.6 Å². The molecule has 1 aliphatic rings. The van der Waals surface area contributed by atoms with Crippen molar-refractivity contribution in [3.8, 4) is 10.4 Å². The van der Waals surface area contributed by atoms with Crippen LogP contribution in [-0.4, -0.2) is 40.3 Å². The van der Waals surface area contributed by atoms with Crippen molar-refractivity contribution >= 4 is 24.0 Å². The summed E-state index contributed by atoms with van der Waals surface area (Å²) in [6.45, 7) is 2.31. The molecule has 3 heterocycles. The Kier molecular flexibility index (Phi) is 8.02. The van der Waals surface area contributed by atoms with E-state index in [1.54, 1.807) is 29.9 Å². The monoisotopic (exact) mass is 447 g/mol. The minimum absolute atomic E-state index is 0.241. The van der Waals surface area contributed by atoms with Gasteiger partial charge < -0.3 is 14.9 Å². The van der Waals surface area contributed by atoms with E-state index >= 15 is 0 Å². The Morgan fingerprint density at radius 2 is 1.97 bits per heavy atom. The summed E-state index contributed by atoms with van der Waals surface area (Å²) in [5.41, 5.74) is 4.18. The van der Waals surface area contributed by atoms with Gasteiger partial charge >= 0.3 is 0 Å².